The minimum Gasteiger partial charge on any atom is -0.516 e. The average molecular weight is 371 g/mol. The number of aliphatic hydroxyl groups is 4. The van der Waals surface area contributed by atoms with Crippen LogP contribution in [0, 0.1) is 0 Å². The first-order valence-electron chi connectivity index (χ1n) is 7.66. The molecule has 26 heavy (non-hydrogen) atoms. The second-order valence-corrected chi connectivity index (χ2v) is 5.64. The number of esters is 2. The summed E-state index contributed by atoms with van der Waals surface area (Å²) in [5, 5.41) is 38.8. The molecule has 2 rings (SSSR count). The number of hydrogen-bond donors (Lipinski definition) is 4. The Morgan fingerprint density at radius 3 is 2.19 bits per heavy atom. The molecule has 1 fully saturated rings. The fraction of sp³-hybridized carbons (Fsp3) is 0.500. The summed E-state index contributed by atoms with van der Waals surface area (Å²) in [6.07, 6.45) is -3.48. The summed E-state index contributed by atoms with van der Waals surface area (Å²) in [4.78, 5) is 24.5. The first kappa shape index (κ1) is 19.9. The third kappa shape index (κ3) is 3.07. The predicted octanol–water partition coefficient (Wildman–Crippen LogP) is -0.719. The smallest absolute Gasteiger partial charge is 0.355 e. The minimum absolute atomic E-state index is 0.0209. The Bertz CT molecular complexity index is 724. The van der Waals surface area contributed by atoms with Crippen molar-refractivity contribution in [1.29, 1.82) is 0 Å². The molecule has 4 unspecified atom stereocenters. The van der Waals surface area contributed by atoms with Crippen molar-refractivity contribution < 1.29 is 44.2 Å². The summed E-state index contributed by atoms with van der Waals surface area (Å²) in [7, 11) is 3.68. The van der Waals surface area contributed by atoms with Crippen LogP contribution in [-0.2, 0) is 21.3 Å². The maximum atomic E-state index is 12.3. The van der Waals surface area contributed by atoms with Gasteiger partial charge in [0.15, 0.2) is 0 Å². The molecule has 2 heterocycles. The molecule has 0 aliphatic carbocycles. The van der Waals surface area contributed by atoms with Crippen LogP contribution in [0.5, 0.6) is 0 Å². The monoisotopic (exact) mass is 371 g/mol. The summed E-state index contributed by atoms with van der Waals surface area (Å²) in [5.41, 5.74) is -0.147. The van der Waals surface area contributed by atoms with Crippen LogP contribution in [0.3, 0.4) is 0 Å². The molecular formula is C16H21NO9. The van der Waals surface area contributed by atoms with Crippen LogP contribution in [0.2, 0.25) is 0 Å². The van der Waals surface area contributed by atoms with Crippen molar-refractivity contribution in [2.24, 2.45) is 7.05 Å². The van der Waals surface area contributed by atoms with E-state index in [1.165, 1.54) is 11.6 Å². The van der Waals surface area contributed by atoms with E-state index < -0.39 is 43.0 Å². The van der Waals surface area contributed by atoms with E-state index in [-0.39, 0.29) is 22.5 Å². The van der Waals surface area contributed by atoms with E-state index in [0.29, 0.717) is 6.26 Å². The van der Waals surface area contributed by atoms with Gasteiger partial charge in [0.25, 0.3) is 0 Å². The van der Waals surface area contributed by atoms with Gasteiger partial charge in [-0.3, -0.25) is 0 Å². The zero-order valence-corrected chi connectivity index (χ0v) is 14.4. The molecule has 1 aliphatic rings. The van der Waals surface area contributed by atoms with Gasteiger partial charge in [-0.15, -0.1) is 0 Å². The van der Waals surface area contributed by atoms with Gasteiger partial charge < -0.3 is 39.2 Å². The zero-order chi connectivity index (χ0) is 19.6. The highest BCUT2D eigenvalue weighted by atomic mass is 16.6. The largest absolute Gasteiger partial charge is 0.516 e. The van der Waals surface area contributed by atoms with Crippen LogP contribution < -0.4 is 0 Å². The van der Waals surface area contributed by atoms with E-state index in [9.17, 15) is 30.0 Å². The first-order chi connectivity index (χ1) is 12.3. The Balaban J connectivity index is 2.77. The quantitative estimate of drug-likeness (QED) is 0.389. The second-order valence-electron chi connectivity index (χ2n) is 5.64. The predicted molar refractivity (Wildman–Crippen MR) is 86.5 cm³/mol. The van der Waals surface area contributed by atoms with Gasteiger partial charge in [0.05, 0.1) is 27.1 Å². The van der Waals surface area contributed by atoms with Crippen molar-refractivity contribution in [2.75, 3.05) is 20.8 Å². The van der Waals surface area contributed by atoms with Crippen molar-refractivity contribution in [3.63, 3.8) is 0 Å². The molecule has 0 amide bonds. The molecule has 10 heteroatoms. The Morgan fingerprint density at radius 2 is 1.73 bits per heavy atom. The lowest BCUT2D eigenvalue weighted by atomic mass is 9.97. The average Bonchev–Trinajstić information content (AvgIpc) is 3.08. The van der Waals surface area contributed by atoms with Gasteiger partial charge in [0.2, 0.25) is 0 Å². The lowest BCUT2D eigenvalue weighted by molar-refractivity contribution is -0.0231. The molecule has 0 radical (unpaired) electrons. The van der Waals surface area contributed by atoms with E-state index in [2.05, 4.69) is 0 Å². The van der Waals surface area contributed by atoms with E-state index in [4.69, 9.17) is 14.2 Å². The molecule has 0 saturated carbocycles. The van der Waals surface area contributed by atoms with Gasteiger partial charge in [-0.1, -0.05) is 0 Å². The Morgan fingerprint density at radius 1 is 1.15 bits per heavy atom. The van der Waals surface area contributed by atoms with E-state index >= 15 is 0 Å². The van der Waals surface area contributed by atoms with Crippen molar-refractivity contribution in [3.8, 4) is 0 Å². The highest BCUT2D eigenvalue weighted by Crippen LogP contribution is 2.40. The van der Waals surface area contributed by atoms with Crippen LogP contribution >= 0.6 is 0 Å². The van der Waals surface area contributed by atoms with E-state index in [1.54, 1.807) is 0 Å². The maximum absolute atomic E-state index is 12.3. The SMILES string of the molecule is COC(=O)c1c(C=CO)c(C2OC(CO)C(O)C2O)c(C(=O)OC)n1C. The van der Waals surface area contributed by atoms with Crippen molar-refractivity contribution in [1.82, 2.24) is 4.57 Å². The van der Waals surface area contributed by atoms with Crippen LogP contribution in [0.15, 0.2) is 6.26 Å². The number of carbonyl (C=O) groups excluding carboxylic acids is 2. The molecule has 0 bridgehead atoms. The van der Waals surface area contributed by atoms with Gasteiger partial charge in [0, 0.05) is 18.2 Å². The fourth-order valence-electron chi connectivity index (χ4n) is 3.08. The van der Waals surface area contributed by atoms with Crippen LogP contribution in [0.25, 0.3) is 6.08 Å². The molecule has 1 aliphatic heterocycles. The van der Waals surface area contributed by atoms with Crippen molar-refractivity contribution in [2.45, 2.75) is 24.4 Å². The lowest BCUT2D eigenvalue weighted by Gasteiger charge is -2.17. The normalized spacial score (nSPS) is 25.6. The third-order valence-electron chi connectivity index (χ3n) is 4.30. The summed E-state index contributed by atoms with van der Waals surface area (Å²) in [6.45, 7) is -0.565. The molecule has 1 aromatic heterocycles. The molecule has 1 aromatic rings. The Hall–Kier alpha value is -2.40. The molecule has 0 aromatic carbocycles. The first-order valence-corrected chi connectivity index (χ1v) is 7.66. The van der Waals surface area contributed by atoms with Gasteiger partial charge in [-0.2, -0.15) is 0 Å². The molecule has 10 nitrogen and oxygen atoms in total. The Labute approximate surface area is 148 Å². The standard InChI is InChI=1S/C16H21NO9/c1-17-10(15(22)24-2)7(4-5-18)9(11(17)16(23)25-3)14-13(21)12(20)8(6-19)26-14/h4-5,8,12-14,18-21H,6H2,1-3H3. The molecule has 0 spiro atoms. The summed E-state index contributed by atoms with van der Waals surface area (Å²) >= 11 is 0. The summed E-state index contributed by atoms with van der Waals surface area (Å²) in [6, 6.07) is 0. The molecule has 1 saturated heterocycles. The number of rotatable bonds is 5. The molecule has 4 atom stereocenters. The molecular weight excluding hydrogens is 350 g/mol. The highest BCUT2D eigenvalue weighted by molar-refractivity contribution is 5.99. The zero-order valence-electron chi connectivity index (χ0n) is 14.4. The van der Waals surface area contributed by atoms with Crippen molar-refractivity contribution in [3.05, 3.63) is 28.8 Å². The van der Waals surface area contributed by atoms with Gasteiger partial charge in [-0.05, 0) is 6.08 Å². The molecule has 4 N–H and O–H groups in total. The van der Waals surface area contributed by atoms with E-state index in [0.717, 1.165) is 20.3 Å². The van der Waals surface area contributed by atoms with Gasteiger partial charge in [0.1, 0.15) is 35.8 Å². The number of aliphatic hydroxyl groups excluding tert-OH is 4. The fourth-order valence-corrected chi connectivity index (χ4v) is 3.08. The van der Waals surface area contributed by atoms with Crippen LogP contribution in [0.4, 0.5) is 0 Å². The summed E-state index contributed by atoms with van der Waals surface area (Å²) < 4.78 is 16.1. The Kier molecular flexibility index (Phi) is 6.03. The maximum Gasteiger partial charge on any atom is 0.355 e. The van der Waals surface area contributed by atoms with E-state index in [1.807, 2.05) is 0 Å². The number of aromatic nitrogens is 1. The van der Waals surface area contributed by atoms with Gasteiger partial charge >= 0.3 is 11.9 Å². The summed E-state index contributed by atoms with van der Waals surface area (Å²) in [5.74, 6) is -1.63. The van der Waals surface area contributed by atoms with Crippen LogP contribution in [-0.4, -0.2) is 76.1 Å². The number of hydrogen-bond acceptors (Lipinski definition) is 9. The van der Waals surface area contributed by atoms with Crippen LogP contribution in [0.1, 0.15) is 38.2 Å². The topological polar surface area (TPSA) is 148 Å². The number of carbonyl (C=O) groups is 2. The van der Waals surface area contributed by atoms with Crippen molar-refractivity contribution >= 4 is 18.0 Å². The second kappa shape index (κ2) is 7.87. The number of ether oxygens (including phenoxy) is 3. The highest BCUT2D eigenvalue weighted by Gasteiger charge is 2.47. The molecule has 144 valence electrons. The number of nitrogens with zero attached hydrogens (tertiary/aromatic N) is 1. The lowest BCUT2D eigenvalue weighted by Crippen LogP contribution is -2.32. The van der Waals surface area contributed by atoms with Gasteiger partial charge in [-0.25, -0.2) is 9.59 Å². The minimum atomic E-state index is -1.49. The third-order valence-corrected chi connectivity index (χ3v) is 4.30. The number of methoxy groups -OCH3 is 2.